The van der Waals surface area contributed by atoms with E-state index >= 15 is 0 Å². The Hall–Kier alpha value is -1.43. The number of rotatable bonds is 4. The Morgan fingerprint density at radius 1 is 1.33 bits per heavy atom. The van der Waals surface area contributed by atoms with Crippen molar-refractivity contribution >= 4 is 27.8 Å². The number of hydrogen-bond donors (Lipinski definition) is 1. The Bertz CT molecular complexity index is 542. The number of carbonyl (C=O) groups is 2. The van der Waals surface area contributed by atoms with Crippen LogP contribution >= 0.6 is 15.9 Å². The number of aliphatic carboxylic acids is 1. The van der Waals surface area contributed by atoms with Gasteiger partial charge in [0.25, 0.3) is 0 Å². The van der Waals surface area contributed by atoms with Crippen LogP contribution in [0.2, 0.25) is 0 Å². The lowest BCUT2D eigenvalue weighted by Gasteiger charge is -2.31. The molecular formula is C15H17BrFNO3. The highest BCUT2D eigenvalue weighted by Gasteiger charge is 2.24. The van der Waals surface area contributed by atoms with Crippen molar-refractivity contribution in [3.63, 3.8) is 0 Å². The molecule has 21 heavy (non-hydrogen) atoms. The van der Waals surface area contributed by atoms with Crippen molar-refractivity contribution in [2.24, 2.45) is 5.92 Å². The van der Waals surface area contributed by atoms with Crippen molar-refractivity contribution in [3.05, 3.63) is 34.1 Å². The topological polar surface area (TPSA) is 57.6 Å². The summed E-state index contributed by atoms with van der Waals surface area (Å²) in [6.07, 6.45) is 1.87. The number of nitrogens with zero attached hydrogens (tertiary/aromatic N) is 1. The molecular weight excluding hydrogens is 341 g/mol. The highest BCUT2D eigenvalue weighted by molar-refractivity contribution is 9.10. The van der Waals surface area contributed by atoms with Gasteiger partial charge in [-0.05, 0) is 52.4 Å². The Morgan fingerprint density at radius 3 is 2.57 bits per heavy atom. The standard InChI is InChI=1S/C15H17BrFNO3/c16-12-7-11(1-2-13(12)17)8-14(19)18-5-3-10(4-6-18)9-15(20)21/h1-2,7,10H,3-6,8-9H2,(H,20,21). The summed E-state index contributed by atoms with van der Waals surface area (Å²) in [5.74, 6) is -0.967. The van der Waals surface area contributed by atoms with Crippen LogP contribution < -0.4 is 0 Å². The van der Waals surface area contributed by atoms with E-state index in [1.807, 2.05) is 0 Å². The van der Waals surface area contributed by atoms with Gasteiger partial charge >= 0.3 is 5.97 Å². The van der Waals surface area contributed by atoms with Crippen LogP contribution in [-0.4, -0.2) is 35.0 Å². The third kappa shape index (κ3) is 4.52. The minimum absolute atomic E-state index is 0.00211. The fraction of sp³-hybridized carbons (Fsp3) is 0.467. The molecule has 1 aromatic carbocycles. The van der Waals surface area contributed by atoms with Crippen LogP contribution in [-0.2, 0) is 16.0 Å². The van der Waals surface area contributed by atoms with Crippen LogP contribution in [0.4, 0.5) is 4.39 Å². The molecule has 6 heteroatoms. The lowest BCUT2D eigenvalue weighted by atomic mass is 9.93. The predicted molar refractivity (Wildman–Crippen MR) is 79.4 cm³/mol. The molecule has 0 aromatic heterocycles. The molecule has 1 amide bonds. The first kappa shape index (κ1) is 15.9. The van der Waals surface area contributed by atoms with E-state index in [0.717, 1.165) is 18.4 Å². The van der Waals surface area contributed by atoms with Gasteiger partial charge in [0.1, 0.15) is 5.82 Å². The molecule has 0 aliphatic carbocycles. The quantitative estimate of drug-likeness (QED) is 0.901. The first-order valence-corrected chi connectivity index (χ1v) is 7.68. The second-order valence-corrected chi connectivity index (χ2v) is 6.20. The summed E-state index contributed by atoms with van der Waals surface area (Å²) < 4.78 is 13.5. The average Bonchev–Trinajstić information content (AvgIpc) is 2.43. The number of amides is 1. The van der Waals surface area contributed by atoms with Crippen molar-refractivity contribution in [2.45, 2.75) is 25.7 Å². The molecule has 2 rings (SSSR count). The van der Waals surface area contributed by atoms with Crippen molar-refractivity contribution in [2.75, 3.05) is 13.1 Å². The lowest BCUT2D eigenvalue weighted by Crippen LogP contribution is -2.39. The predicted octanol–water partition coefficient (Wildman–Crippen LogP) is 2.84. The van der Waals surface area contributed by atoms with Crippen LogP contribution in [0.25, 0.3) is 0 Å². The zero-order valence-electron chi connectivity index (χ0n) is 11.5. The van der Waals surface area contributed by atoms with E-state index < -0.39 is 5.97 Å². The Balaban J connectivity index is 1.87. The molecule has 0 unspecified atom stereocenters. The number of halogens is 2. The van der Waals surface area contributed by atoms with Crippen LogP contribution in [0, 0.1) is 11.7 Å². The third-order valence-corrected chi connectivity index (χ3v) is 4.38. The van der Waals surface area contributed by atoms with Crippen LogP contribution in [0.3, 0.4) is 0 Å². The van der Waals surface area contributed by atoms with Crippen LogP contribution in [0.5, 0.6) is 0 Å². The van der Waals surface area contributed by atoms with Gasteiger partial charge in [-0.15, -0.1) is 0 Å². The average molecular weight is 358 g/mol. The number of carboxylic acid groups (broad SMARTS) is 1. The summed E-state index contributed by atoms with van der Waals surface area (Å²) in [6.45, 7) is 1.19. The van der Waals surface area contributed by atoms with Gasteiger partial charge in [-0.2, -0.15) is 0 Å². The summed E-state index contributed by atoms with van der Waals surface area (Å²) >= 11 is 3.11. The molecule has 0 saturated carbocycles. The van der Waals surface area contributed by atoms with Gasteiger partial charge in [0.05, 0.1) is 10.9 Å². The number of hydrogen-bond acceptors (Lipinski definition) is 2. The van der Waals surface area contributed by atoms with E-state index in [-0.39, 0.29) is 30.5 Å². The second-order valence-electron chi connectivity index (χ2n) is 5.35. The molecule has 1 N–H and O–H groups in total. The van der Waals surface area contributed by atoms with Crippen molar-refractivity contribution in [1.82, 2.24) is 4.90 Å². The smallest absolute Gasteiger partial charge is 0.303 e. The fourth-order valence-corrected chi connectivity index (χ4v) is 3.00. The molecule has 4 nitrogen and oxygen atoms in total. The summed E-state index contributed by atoms with van der Waals surface area (Å²) in [4.78, 5) is 24.6. The zero-order chi connectivity index (χ0) is 15.4. The summed E-state index contributed by atoms with van der Waals surface area (Å²) in [6, 6.07) is 4.56. The minimum atomic E-state index is -0.782. The molecule has 0 spiro atoms. The zero-order valence-corrected chi connectivity index (χ0v) is 13.1. The van der Waals surface area contributed by atoms with Crippen molar-refractivity contribution < 1.29 is 19.1 Å². The van der Waals surface area contributed by atoms with Gasteiger partial charge in [0, 0.05) is 19.5 Å². The summed E-state index contributed by atoms with van der Waals surface area (Å²) in [5.41, 5.74) is 0.765. The molecule has 1 aliphatic heterocycles. The molecule has 1 aliphatic rings. The van der Waals surface area contributed by atoms with E-state index in [2.05, 4.69) is 15.9 Å². The maximum atomic E-state index is 13.1. The molecule has 1 fully saturated rings. The maximum Gasteiger partial charge on any atom is 0.303 e. The summed E-state index contributed by atoms with van der Waals surface area (Å²) in [7, 11) is 0. The largest absolute Gasteiger partial charge is 0.481 e. The van der Waals surface area contributed by atoms with Gasteiger partial charge in [-0.25, -0.2) is 4.39 Å². The van der Waals surface area contributed by atoms with Crippen molar-refractivity contribution in [3.8, 4) is 0 Å². The maximum absolute atomic E-state index is 13.1. The lowest BCUT2D eigenvalue weighted by molar-refractivity contribution is -0.138. The molecule has 0 atom stereocenters. The molecule has 1 heterocycles. The van der Waals surface area contributed by atoms with E-state index in [1.54, 1.807) is 17.0 Å². The van der Waals surface area contributed by atoms with Gasteiger partial charge in [0.2, 0.25) is 5.91 Å². The Morgan fingerprint density at radius 2 is 2.00 bits per heavy atom. The van der Waals surface area contributed by atoms with Crippen molar-refractivity contribution in [1.29, 1.82) is 0 Å². The molecule has 0 radical (unpaired) electrons. The Kier molecular flexibility index (Phi) is 5.33. The summed E-state index contributed by atoms with van der Waals surface area (Å²) in [5, 5.41) is 8.77. The van der Waals surface area contributed by atoms with Gasteiger partial charge in [-0.3, -0.25) is 9.59 Å². The second kappa shape index (κ2) is 7.02. The molecule has 0 bridgehead atoms. The number of carbonyl (C=O) groups excluding carboxylic acids is 1. The van der Waals surface area contributed by atoms with E-state index in [1.165, 1.54) is 6.07 Å². The molecule has 1 aromatic rings. The van der Waals surface area contributed by atoms with E-state index in [9.17, 15) is 14.0 Å². The van der Waals surface area contributed by atoms with Crippen LogP contribution in [0.15, 0.2) is 22.7 Å². The normalized spacial score (nSPS) is 16.0. The number of piperidine rings is 1. The third-order valence-electron chi connectivity index (χ3n) is 3.77. The highest BCUT2D eigenvalue weighted by Crippen LogP contribution is 2.22. The minimum Gasteiger partial charge on any atom is -0.481 e. The first-order valence-electron chi connectivity index (χ1n) is 6.89. The highest BCUT2D eigenvalue weighted by atomic mass is 79.9. The number of benzene rings is 1. The number of likely N-dealkylation sites (tertiary alicyclic amines) is 1. The first-order chi connectivity index (χ1) is 9.95. The van der Waals surface area contributed by atoms with E-state index in [0.29, 0.717) is 17.6 Å². The molecule has 1 saturated heterocycles. The number of carboxylic acids is 1. The Labute approximate surface area is 131 Å². The monoisotopic (exact) mass is 357 g/mol. The van der Waals surface area contributed by atoms with Gasteiger partial charge in [-0.1, -0.05) is 6.07 Å². The van der Waals surface area contributed by atoms with Gasteiger partial charge in [0.15, 0.2) is 0 Å². The SMILES string of the molecule is O=C(O)CC1CCN(C(=O)Cc2ccc(F)c(Br)c2)CC1. The van der Waals surface area contributed by atoms with Crippen LogP contribution in [0.1, 0.15) is 24.8 Å². The van der Waals surface area contributed by atoms with E-state index in [4.69, 9.17) is 5.11 Å². The fourth-order valence-electron chi connectivity index (χ4n) is 2.57. The van der Waals surface area contributed by atoms with Gasteiger partial charge < -0.3 is 10.0 Å². The molecule has 114 valence electrons.